The molecule has 6 atom stereocenters. The molecule has 0 N–H and O–H groups in total. The third-order valence-electron chi connectivity index (χ3n) is 8.13. The van der Waals surface area contributed by atoms with Crippen molar-refractivity contribution < 1.29 is 14.4 Å². The molecule has 0 aromatic heterocycles. The van der Waals surface area contributed by atoms with E-state index in [0.29, 0.717) is 48.6 Å². The van der Waals surface area contributed by atoms with Gasteiger partial charge in [0.15, 0.2) is 5.78 Å². The molecule has 0 spiro atoms. The molecule has 3 fully saturated rings. The highest BCUT2D eigenvalue weighted by Crippen LogP contribution is 2.65. The lowest BCUT2D eigenvalue weighted by Crippen LogP contribution is -2.57. The summed E-state index contributed by atoms with van der Waals surface area (Å²) in [6.45, 7) is 6.06. The maximum atomic E-state index is 13.3. The number of Topliss-reactive ketones (excluding diaryl/α,β-unsaturated/α-hetero) is 3. The van der Waals surface area contributed by atoms with Crippen molar-refractivity contribution in [1.29, 1.82) is 0 Å². The van der Waals surface area contributed by atoms with Crippen LogP contribution in [0, 0.1) is 34.5 Å². The number of rotatable bonds is 1. The van der Waals surface area contributed by atoms with Gasteiger partial charge in [-0.15, -0.1) is 0 Å². The van der Waals surface area contributed by atoms with Gasteiger partial charge in [-0.1, -0.05) is 19.9 Å². The standard InChI is InChI=1S/C21H28O3/c1-12(22)16-6-7-17-15-5-4-13-10-14(23)8-9-20(13,2)19(15)18(24)11-21(16,17)3/h6,13,15,17,19H,4-5,7-11H2,1-3H3/t13-,15-,17-,19+,20-,21+/m0/s1. The monoisotopic (exact) mass is 328 g/mol. The van der Waals surface area contributed by atoms with Crippen molar-refractivity contribution in [2.75, 3.05) is 0 Å². The highest BCUT2D eigenvalue weighted by atomic mass is 16.1. The van der Waals surface area contributed by atoms with E-state index in [1.165, 1.54) is 0 Å². The Balaban J connectivity index is 1.70. The molecular formula is C21H28O3. The van der Waals surface area contributed by atoms with E-state index in [-0.39, 0.29) is 22.5 Å². The molecule has 4 aliphatic rings. The van der Waals surface area contributed by atoms with Gasteiger partial charge in [-0.05, 0) is 61.3 Å². The molecule has 3 nitrogen and oxygen atoms in total. The van der Waals surface area contributed by atoms with Gasteiger partial charge in [-0.3, -0.25) is 14.4 Å². The number of hydrogen-bond donors (Lipinski definition) is 0. The van der Waals surface area contributed by atoms with E-state index >= 15 is 0 Å². The Labute approximate surface area is 144 Å². The van der Waals surface area contributed by atoms with E-state index in [4.69, 9.17) is 0 Å². The van der Waals surface area contributed by atoms with Crippen LogP contribution in [0.3, 0.4) is 0 Å². The van der Waals surface area contributed by atoms with Crippen LogP contribution < -0.4 is 0 Å². The predicted octanol–water partition coefficient (Wildman–Crippen LogP) is 3.90. The molecule has 0 radical (unpaired) electrons. The van der Waals surface area contributed by atoms with Crippen molar-refractivity contribution in [2.45, 2.75) is 65.7 Å². The molecule has 3 heteroatoms. The Hall–Kier alpha value is -1.25. The molecule has 0 unspecified atom stereocenters. The number of hydrogen-bond acceptors (Lipinski definition) is 3. The Bertz CT molecular complexity index is 660. The highest BCUT2D eigenvalue weighted by Gasteiger charge is 2.62. The van der Waals surface area contributed by atoms with E-state index in [2.05, 4.69) is 19.9 Å². The second-order valence-corrected chi connectivity index (χ2v) is 9.24. The van der Waals surface area contributed by atoms with Crippen molar-refractivity contribution in [3.8, 4) is 0 Å². The van der Waals surface area contributed by atoms with Crippen LogP contribution in [0.1, 0.15) is 65.7 Å². The van der Waals surface area contributed by atoms with Crippen LogP contribution in [0.25, 0.3) is 0 Å². The highest BCUT2D eigenvalue weighted by molar-refractivity contribution is 5.97. The summed E-state index contributed by atoms with van der Waals surface area (Å²) in [5, 5.41) is 0. The summed E-state index contributed by atoms with van der Waals surface area (Å²) in [5.41, 5.74) is 0.636. The van der Waals surface area contributed by atoms with Gasteiger partial charge in [0.25, 0.3) is 0 Å². The van der Waals surface area contributed by atoms with E-state index in [9.17, 15) is 14.4 Å². The largest absolute Gasteiger partial charge is 0.300 e. The van der Waals surface area contributed by atoms with Crippen molar-refractivity contribution in [3.63, 3.8) is 0 Å². The summed E-state index contributed by atoms with van der Waals surface area (Å²) >= 11 is 0. The van der Waals surface area contributed by atoms with Crippen LogP contribution in [0.15, 0.2) is 11.6 Å². The summed E-state index contributed by atoms with van der Waals surface area (Å²) in [6.07, 6.45) is 7.87. The molecule has 0 saturated heterocycles. The second kappa shape index (κ2) is 5.12. The molecule has 24 heavy (non-hydrogen) atoms. The van der Waals surface area contributed by atoms with Gasteiger partial charge in [0.1, 0.15) is 11.6 Å². The van der Waals surface area contributed by atoms with Crippen LogP contribution in [0.4, 0.5) is 0 Å². The van der Waals surface area contributed by atoms with Crippen molar-refractivity contribution in [3.05, 3.63) is 11.6 Å². The first kappa shape index (κ1) is 16.2. The third-order valence-corrected chi connectivity index (χ3v) is 8.13. The predicted molar refractivity (Wildman–Crippen MR) is 91.3 cm³/mol. The molecular weight excluding hydrogens is 300 g/mol. The summed E-state index contributed by atoms with van der Waals surface area (Å²) < 4.78 is 0. The minimum Gasteiger partial charge on any atom is -0.300 e. The van der Waals surface area contributed by atoms with Gasteiger partial charge >= 0.3 is 0 Å². The van der Waals surface area contributed by atoms with Crippen LogP contribution in [0.2, 0.25) is 0 Å². The van der Waals surface area contributed by atoms with Gasteiger partial charge in [-0.25, -0.2) is 0 Å². The second-order valence-electron chi connectivity index (χ2n) is 9.24. The average molecular weight is 328 g/mol. The molecule has 0 aliphatic heterocycles. The third kappa shape index (κ3) is 1.99. The number of allylic oxidation sites excluding steroid dienone is 2. The lowest BCUT2D eigenvalue weighted by atomic mass is 9.44. The van der Waals surface area contributed by atoms with Gasteiger partial charge in [0.2, 0.25) is 0 Å². The van der Waals surface area contributed by atoms with E-state index < -0.39 is 0 Å². The minimum atomic E-state index is -0.252. The minimum absolute atomic E-state index is 0.00574. The SMILES string of the molecule is CC(=O)C1=CC[C@H]2[C@@H]3CC[C@H]4CC(=O)CC[C@]4(C)[C@H]3C(=O)C[C@]12C. The van der Waals surface area contributed by atoms with Crippen molar-refractivity contribution in [1.82, 2.24) is 0 Å². The molecule has 0 amide bonds. The molecule has 3 saturated carbocycles. The fraction of sp³-hybridized carbons (Fsp3) is 0.762. The summed E-state index contributed by atoms with van der Waals surface area (Å²) in [4.78, 5) is 37.3. The molecule has 4 rings (SSSR count). The van der Waals surface area contributed by atoms with Crippen LogP contribution in [-0.2, 0) is 14.4 Å². The average Bonchev–Trinajstić information content (AvgIpc) is 2.84. The first-order valence-electron chi connectivity index (χ1n) is 9.53. The van der Waals surface area contributed by atoms with E-state index in [1.54, 1.807) is 6.92 Å². The molecule has 0 bridgehead atoms. The van der Waals surface area contributed by atoms with E-state index in [1.807, 2.05) is 0 Å². The lowest BCUT2D eigenvalue weighted by Gasteiger charge is -2.58. The van der Waals surface area contributed by atoms with Gasteiger partial charge in [0, 0.05) is 30.6 Å². The Morgan fingerprint density at radius 3 is 2.67 bits per heavy atom. The molecule has 4 aliphatic carbocycles. The molecule has 130 valence electrons. The number of carbonyl (C=O) groups is 3. The maximum absolute atomic E-state index is 13.3. The van der Waals surface area contributed by atoms with E-state index in [0.717, 1.165) is 31.3 Å². The van der Waals surface area contributed by atoms with Crippen LogP contribution in [-0.4, -0.2) is 17.3 Å². The quantitative estimate of drug-likeness (QED) is 0.733. The Morgan fingerprint density at radius 1 is 1.21 bits per heavy atom. The summed E-state index contributed by atoms with van der Waals surface area (Å²) in [6, 6.07) is 0. The first-order valence-corrected chi connectivity index (χ1v) is 9.53. The smallest absolute Gasteiger partial charge is 0.156 e. The van der Waals surface area contributed by atoms with Gasteiger partial charge < -0.3 is 0 Å². The maximum Gasteiger partial charge on any atom is 0.156 e. The fourth-order valence-electron chi connectivity index (χ4n) is 6.98. The number of fused-ring (bicyclic) bond motifs is 5. The zero-order valence-corrected chi connectivity index (χ0v) is 15.1. The zero-order chi connectivity index (χ0) is 17.3. The Kier molecular flexibility index (Phi) is 3.47. The van der Waals surface area contributed by atoms with Gasteiger partial charge in [-0.2, -0.15) is 0 Å². The zero-order valence-electron chi connectivity index (χ0n) is 15.1. The van der Waals surface area contributed by atoms with Crippen molar-refractivity contribution in [2.24, 2.45) is 34.5 Å². The molecule has 0 aromatic carbocycles. The lowest BCUT2D eigenvalue weighted by molar-refractivity contribution is -0.157. The van der Waals surface area contributed by atoms with Crippen molar-refractivity contribution >= 4 is 17.3 Å². The molecule has 0 heterocycles. The summed E-state index contributed by atoms with van der Waals surface area (Å²) in [5.74, 6) is 2.17. The normalized spacial score (nSPS) is 47.5. The molecule has 0 aromatic rings. The fourth-order valence-corrected chi connectivity index (χ4v) is 6.98. The summed E-state index contributed by atoms with van der Waals surface area (Å²) in [7, 11) is 0. The van der Waals surface area contributed by atoms with Crippen LogP contribution in [0.5, 0.6) is 0 Å². The first-order chi connectivity index (χ1) is 11.3. The van der Waals surface area contributed by atoms with Gasteiger partial charge in [0.05, 0.1) is 0 Å². The topological polar surface area (TPSA) is 51.2 Å². The Morgan fingerprint density at radius 2 is 1.96 bits per heavy atom. The van der Waals surface area contributed by atoms with Crippen LogP contribution >= 0.6 is 0 Å². The number of carbonyl (C=O) groups excluding carboxylic acids is 3. The number of ketones is 3.